The molecule has 0 heterocycles. The Morgan fingerprint density at radius 2 is 1.94 bits per heavy atom. The predicted molar refractivity (Wildman–Crippen MR) is 81.0 cm³/mol. The molecular formula is C13H20BrClN2O. The Balaban J connectivity index is 0.00000289. The number of carbonyl (C=O) groups is 1. The maximum Gasteiger partial charge on any atom is 0.237 e. The smallest absolute Gasteiger partial charge is 0.237 e. The first-order valence-corrected chi connectivity index (χ1v) is 6.62. The Labute approximate surface area is 123 Å². The molecule has 1 aromatic carbocycles. The van der Waals surface area contributed by atoms with Crippen molar-refractivity contribution in [1.82, 2.24) is 5.32 Å². The molecular weight excluding hydrogens is 316 g/mol. The van der Waals surface area contributed by atoms with Gasteiger partial charge in [-0.05, 0) is 37.5 Å². The van der Waals surface area contributed by atoms with Gasteiger partial charge in [0.25, 0.3) is 0 Å². The van der Waals surface area contributed by atoms with Crippen LogP contribution in [0, 0.1) is 0 Å². The lowest BCUT2D eigenvalue weighted by atomic mass is 10.1. The maximum absolute atomic E-state index is 11.6. The van der Waals surface area contributed by atoms with Crippen LogP contribution in [-0.4, -0.2) is 18.0 Å². The van der Waals surface area contributed by atoms with Gasteiger partial charge < -0.3 is 11.1 Å². The van der Waals surface area contributed by atoms with E-state index in [1.807, 2.05) is 38.1 Å². The second-order valence-corrected chi connectivity index (χ2v) is 5.17. The lowest BCUT2D eigenvalue weighted by molar-refractivity contribution is -0.123. The van der Waals surface area contributed by atoms with Gasteiger partial charge in [0.1, 0.15) is 0 Å². The van der Waals surface area contributed by atoms with Gasteiger partial charge in [-0.3, -0.25) is 4.79 Å². The Morgan fingerprint density at radius 3 is 2.44 bits per heavy atom. The fourth-order valence-corrected chi connectivity index (χ4v) is 1.82. The van der Waals surface area contributed by atoms with E-state index in [2.05, 4.69) is 21.2 Å². The topological polar surface area (TPSA) is 55.1 Å². The molecule has 102 valence electrons. The van der Waals surface area contributed by atoms with E-state index in [1.165, 1.54) is 5.56 Å². The van der Waals surface area contributed by atoms with Gasteiger partial charge in [-0.25, -0.2) is 0 Å². The van der Waals surface area contributed by atoms with Gasteiger partial charge in [0.2, 0.25) is 5.91 Å². The second-order valence-electron chi connectivity index (χ2n) is 4.25. The van der Waals surface area contributed by atoms with Crippen molar-refractivity contribution >= 4 is 34.2 Å². The lowest BCUT2D eigenvalue weighted by Gasteiger charge is -2.16. The first-order chi connectivity index (χ1) is 8.02. The molecule has 1 unspecified atom stereocenters. The number of nitrogens with one attached hydrogen (secondary N) is 1. The highest BCUT2D eigenvalue weighted by Gasteiger charge is 2.13. The highest BCUT2D eigenvalue weighted by atomic mass is 79.9. The van der Waals surface area contributed by atoms with Gasteiger partial charge in [-0.15, -0.1) is 12.4 Å². The molecule has 0 spiro atoms. The molecule has 0 aromatic heterocycles. The van der Waals surface area contributed by atoms with Gasteiger partial charge in [0, 0.05) is 10.5 Å². The summed E-state index contributed by atoms with van der Waals surface area (Å²) >= 11 is 3.39. The van der Waals surface area contributed by atoms with Gasteiger partial charge in [-0.1, -0.05) is 35.0 Å². The van der Waals surface area contributed by atoms with E-state index in [4.69, 9.17) is 5.73 Å². The van der Waals surface area contributed by atoms with Crippen LogP contribution in [0.3, 0.4) is 0 Å². The number of rotatable bonds is 5. The van der Waals surface area contributed by atoms with E-state index in [9.17, 15) is 4.79 Å². The van der Waals surface area contributed by atoms with Crippen LogP contribution in [0.1, 0.15) is 25.8 Å². The number of hydrogen-bond acceptors (Lipinski definition) is 2. The molecule has 3 nitrogen and oxygen atoms in total. The van der Waals surface area contributed by atoms with Crippen LogP contribution in [0.5, 0.6) is 0 Å². The summed E-state index contributed by atoms with van der Waals surface area (Å²) in [5.74, 6) is -0.0721. The molecule has 0 aliphatic carbocycles. The molecule has 1 rings (SSSR count). The van der Waals surface area contributed by atoms with Crippen LogP contribution >= 0.6 is 28.3 Å². The first-order valence-electron chi connectivity index (χ1n) is 5.83. The average Bonchev–Trinajstić information content (AvgIpc) is 2.30. The van der Waals surface area contributed by atoms with Crippen LogP contribution in [0.15, 0.2) is 28.7 Å². The van der Waals surface area contributed by atoms with Gasteiger partial charge in [-0.2, -0.15) is 0 Å². The molecule has 0 bridgehead atoms. The molecule has 1 amide bonds. The van der Waals surface area contributed by atoms with E-state index >= 15 is 0 Å². The minimum absolute atomic E-state index is 0. The first kappa shape index (κ1) is 17.4. The minimum Gasteiger partial charge on any atom is -0.352 e. The summed E-state index contributed by atoms with van der Waals surface area (Å²) in [5, 5.41) is 2.92. The summed E-state index contributed by atoms with van der Waals surface area (Å²) < 4.78 is 1.06. The lowest BCUT2D eigenvalue weighted by Crippen LogP contribution is -2.44. The summed E-state index contributed by atoms with van der Waals surface area (Å²) in [7, 11) is 0. The van der Waals surface area contributed by atoms with Crippen LogP contribution in [0.25, 0.3) is 0 Å². The Morgan fingerprint density at radius 1 is 1.39 bits per heavy atom. The highest BCUT2D eigenvalue weighted by molar-refractivity contribution is 9.10. The van der Waals surface area contributed by atoms with Crippen LogP contribution < -0.4 is 11.1 Å². The molecule has 18 heavy (non-hydrogen) atoms. The number of nitrogens with two attached hydrogens (primary N) is 1. The molecule has 1 aromatic rings. The van der Waals surface area contributed by atoms with E-state index in [0.717, 1.165) is 10.9 Å². The molecule has 0 saturated carbocycles. The Hall–Kier alpha value is -0.580. The molecule has 5 heteroatoms. The summed E-state index contributed by atoms with van der Waals surface area (Å²) in [6.07, 6.45) is 1.48. The van der Waals surface area contributed by atoms with Crippen molar-refractivity contribution in [3.8, 4) is 0 Å². The van der Waals surface area contributed by atoms with E-state index < -0.39 is 6.04 Å². The van der Waals surface area contributed by atoms with Crippen molar-refractivity contribution in [3.05, 3.63) is 34.3 Å². The fourth-order valence-electron chi connectivity index (χ4n) is 1.56. The third-order valence-electron chi connectivity index (χ3n) is 2.62. The number of hydrogen-bond donors (Lipinski definition) is 2. The van der Waals surface area contributed by atoms with Crippen LogP contribution in [0.2, 0.25) is 0 Å². The zero-order valence-electron chi connectivity index (χ0n) is 10.7. The summed E-state index contributed by atoms with van der Waals surface area (Å²) in [6.45, 7) is 3.89. The van der Waals surface area contributed by atoms with Gasteiger partial charge in [0.05, 0.1) is 6.04 Å². The Kier molecular flexibility index (Phi) is 8.24. The molecule has 0 fully saturated rings. The fraction of sp³-hybridized carbons (Fsp3) is 0.462. The van der Waals surface area contributed by atoms with Crippen molar-refractivity contribution in [2.24, 2.45) is 5.73 Å². The molecule has 2 atom stereocenters. The average molecular weight is 336 g/mol. The highest BCUT2D eigenvalue weighted by Crippen LogP contribution is 2.11. The summed E-state index contributed by atoms with van der Waals surface area (Å²) in [6, 6.07) is 7.80. The maximum atomic E-state index is 11.6. The van der Waals surface area contributed by atoms with Gasteiger partial charge in [0.15, 0.2) is 0 Å². The molecule has 0 radical (unpaired) electrons. The van der Waals surface area contributed by atoms with Crippen LogP contribution in [-0.2, 0) is 11.2 Å². The Bertz CT molecular complexity index is 370. The van der Waals surface area contributed by atoms with Crippen molar-refractivity contribution in [2.75, 3.05) is 0 Å². The van der Waals surface area contributed by atoms with Crippen molar-refractivity contribution in [1.29, 1.82) is 0 Å². The summed E-state index contributed by atoms with van der Waals surface area (Å²) in [5.41, 5.74) is 6.86. The van der Waals surface area contributed by atoms with E-state index in [-0.39, 0.29) is 24.4 Å². The third-order valence-corrected chi connectivity index (χ3v) is 3.15. The van der Waals surface area contributed by atoms with Crippen molar-refractivity contribution in [2.45, 2.75) is 38.8 Å². The largest absolute Gasteiger partial charge is 0.352 e. The molecule has 3 N–H and O–H groups in total. The van der Waals surface area contributed by atoms with E-state index in [1.54, 1.807) is 0 Å². The zero-order valence-corrected chi connectivity index (χ0v) is 13.1. The number of amides is 1. The number of carbonyl (C=O) groups excluding carboxylic acids is 1. The molecule has 0 aliphatic rings. The third kappa shape index (κ3) is 5.85. The SMILES string of the molecule is CC[C@H](N)C(=O)NC(C)Cc1ccc(Br)cc1.Cl. The zero-order chi connectivity index (χ0) is 12.8. The van der Waals surface area contributed by atoms with Crippen molar-refractivity contribution in [3.63, 3.8) is 0 Å². The standard InChI is InChI=1S/C13H19BrN2O.ClH/c1-3-12(15)13(17)16-9(2)8-10-4-6-11(14)7-5-10;/h4-7,9,12H,3,8,15H2,1-2H3,(H,16,17);1H/t9?,12-;/m0./s1. The monoisotopic (exact) mass is 334 g/mol. The number of halogens is 2. The van der Waals surface area contributed by atoms with Gasteiger partial charge >= 0.3 is 0 Å². The summed E-state index contributed by atoms with van der Waals surface area (Å²) in [4.78, 5) is 11.6. The predicted octanol–water partition coefficient (Wildman–Crippen LogP) is 2.66. The van der Waals surface area contributed by atoms with Crippen LogP contribution in [0.4, 0.5) is 0 Å². The molecule has 0 aliphatic heterocycles. The number of benzene rings is 1. The minimum atomic E-state index is -0.401. The van der Waals surface area contributed by atoms with E-state index in [0.29, 0.717) is 6.42 Å². The quantitative estimate of drug-likeness (QED) is 0.869. The molecule has 0 saturated heterocycles. The van der Waals surface area contributed by atoms with Crippen molar-refractivity contribution < 1.29 is 4.79 Å². The normalized spacial score (nSPS) is 13.3. The second kappa shape index (κ2) is 8.51.